The fourth-order valence-corrected chi connectivity index (χ4v) is 4.89. The molecule has 10 heteroatoms. The van der Waals surface area contributed by atoms with Gasteiger partial charge in [-0.05, 0) is 55.0 Å². The molecule has 0 fully saturated rings. The summed E-state index contributed by atoms with van der Waals surface area (Å²) >= 11 is 6.07. The molecule has 0 unspecified atom stereocenters. The van der Waals surface area contributed by atoms with E-state index in [2.05, 4.69) is 10.2 Å². The summed E-state index contributed by atoms with van der Waals surface area (Å²) in [5, 5.41) is 8.22. The Balaban J connectivity index is 1.90. The first kappa shape index (κ1) is 20.2. The minimum Gasteiger partial charge on any atom is -0.286 e. The van der Waals surface area contributed by atoms with Gasteiger partial charge in [-0.3, -0.25) is 8.71 Å². The lowest BCUT2D eigenvalue weighted by molar-refractivity contribution is 0.576. The number of aryl methyl sites for hydroxylation is 1. The minimum absolute atomic E-state index is 0.0950. The maximum absolute atomic E-state index is 13.7. The molecule has 2 aromatic heterocycles. The largest absolute Gasteiger partial charge is 0.286 e. The van der Waals surface area contributed by atoms with Gasteiger partial charge in [-0.2, -0.15) is 0 Å². The molecule has 0 radical (unpaired) electrons. The molecule has 0 bridgehead atoms. The maximum Gasteiger partial charge on any atom is 0.268 e. The zero-order valence-electron chi connectivity index (χ0n) is 15.6. The molecule has 0 aliphatic heterocycles. The molecule has 2 aromatic carbocycles. The summed E-state index contributed by atoms with van der Waals surface area (Å²) in [6.45, 7) is 1.38. The predicted molar refractivity (Wildman–Crippen MR) is 109 cm³/mol. The van der Waals surface area contributed by atoms with Crippen molar-refractivity contribution in [2.24, 2.45) is 0 Å². The van der Waals surface area contributed by atoms with E-state index in [1.807, 2.05) is 0 Å². The summed E-state index contributed by atoms with van der Waals surface area (Å²) in [6, 6.07) is 12.1. The van der Waals surface area contributed by atoms with Crippen molar-refractivity contribution in [1.82, 2.24) is 14.6 Å². The van der Waals surface area contributed by atoms with Gasteiger partial charge in [0, 0.05) is 17.3 Å². The zero-order valence-corrected chi connectivity index (χ0v) is 17.2. The number of pyridine rings is 1. The third-order valence-electron chi connectivity index (χ3n) is 4.48. The quantitative estimate of drug-likeness (QED) is 0.455. The van der Waals surface area contributed by atoms with Crippen LogP contribution in [0, 0.1) is 18.6 Å². The monoisotopic (exact) mass is 448 g/mol. The molecule has 0 saturated heterocycles. The number of rotatable bonds is 5. The highest BCUT2D eigenvalue weighted by atomic mass is 35.5. The van der Waals surface area contributed by atoms with Crippen molar-refractivity contribution in [2.75, 3.05) is 4.31 Å². The van der Waals surface area contributed by atoms with E-state index >= 15 is 0 Å². The molecule has 0 aliphatic carbocycles. The van der Waals surface area contributed by atoms with E-state index in [-0.39, 0.29) is 28.3 Å². The van der Waals surface area contributed by atoms with Crippen LogP contribution in [0.5, 0.6) is 0 Å². The SMILES string of the molecule is Cc1nnc2c(S(=O)(=O)N(Cc3cc(F)cc(F)c3)c3cccc(Cl)c3)cccn12. The van der Waals surface area contributed by atoms with Crippen LogP contribution in [0.25, 0.3) is 5.65 Å². The molecular weight excluding hydrogens is 434 g/mol. The molecule has 0 aliphatic rings. The van der Waals surface area contributed by atoms with Crippen molar-refractivity contribution in [1.29, 1.82) is 0 Å². The number of anilines is 1. The number of benzene rings is 2. The predicted octanol–water partition coefficient (Wildman–Crippen LogP) is 4.36. The second-order valence-electron chi connectivity index (χ2n) is 6.58. The number of nitrogens with zero attached hydrogens (tertiary/aromatic N) is 4. The molecule has 0 N–H and O–H groups in total. The van der Waals surface area contributed by atoms with Crippen molar-refractivity contribution in [3.63, 3.8) is 0 Å². The molecule has 4 rings (SSSR count). The topological polar surface area (TPSA) is 67.6 Å². The third-order valence-corrected chi connectivity index (χ3v) is 6.51. The number of sulfonamides is 1. The maximum atomic E-state index is 13.7. The molecule has 4 aromatic rings. The van der Waals surface area contributed by atoms with E-state index in [1.165, 1.54) is 12.1 Å². The van der Waals surface area contributed by atoms with Crippen molar-refractivity contribution >= 4 is 33.0 Å². The molecule has 0 saturated carbocycles. The number of halogens is 3. The Morgan fingerprint density at radius 3 is 2.47 bits per heavy atom. The normalized spacial score (nSPS) is 11.7. The van der Waals surface area contributed by atoms with Gasteiger partial charge in [0.15, 0.2) is 5.65 Å². The summed E-state index contributed by atoms with van der Waals surface area (Å²) in [4.78, 5) is -0.0950. The molecule has 0 spiro atoms. The van der Waals surface area contributed by atoms with E-state index in [9.17, 15) is 17.2 Å². The van der Waals surface area contributed by atoms with Crippen LogP contribution in [-0.4, -0.2) is 23.0 Å². The van der Waals surface area contributed by atoms with Crippen LogP contribution in [0.15, 0.2) is 65.7 Å². The van der Waals surface area contributed by atoms with Crippen LogP contribution in [0.4, 0.5) is 14.5 Å². The Bertz CT molecular complexity index is 1340. The second kappa shape index (κ2) is 7.66. The van der Waals surface area contributed by atoms with Gasteiger partial charge in [0.25, 0.3) is 10.0 Å². The van der Waals surface area contributed by atoms with Crippen LogP contribution in [0.2, 0.25) is 5.02 Å². The first-order valence-electron chi connectivity index (χ1n) is 8.79. The van der Waals surface area contributed by atoms with Crippen LogP contribution in [0.1, 0.15) is 11.4 Å². The first-order chi connectivity index (χ1) is 14.3. The summed E-state index contributed by atoms with van der Waals surface area (Å²) in [5.41, 5.74) is 0.526. The second-order valence-corrected chi connectivity index (χ2v) is 8.85. The summed E-state index contributed by atoms with van der Waals surface area (Å²) in [5.74, 6) is -1.09. The van der Waals surface area contributed by atoms with Crippen LogP contribution in [-0.2, 0) is 16.6 Å². The van der Waals surface area contributed by atoms with Crippen molar-refractivity contribution in [3.8, 4) is 0 Å². The van der Waals surface area contributed by atoms with Gasteiger partial charge in [-0.15, -0.1) is 10.2 Å². The van der Waals surface area contributed by atoms with Gasteiger partial charge in [0.05, 0.1) is 12.2 Å². The molecule has 30 heavy (non-hydrogen) atoms. The van der Waals surface area contributed by atoms with E-state index in [0.717, 1.165) is 22.5 Å². The highest BCUT2D eigenvalue weighted by Crippen LogP contribution is 2.30. The fourth-order valence-electron chi connectivity index (χ4n) is 3.14. The lowest BCUT2D eigenvalue weighted by atomic mass is 10.2. The lowest BCUT2D eigenvalue weighted by Gasteiger charge is -2.25. The van der Waals surface area contributed by atoms with Crippen LogP contribution >= 0.6 is 11.6 Å². The number of hydrogen-bond donors (Lipinski definition) is 0. The summed E-state index contributed by atoms with van der Waals surface area (Å²) in [7, 11) is -4.20. The molecule has 154 valence electrons. The Hall–Kier alpha value is -3.04. The molecule has 0 atom stereocenters. The minimum atomic E-state index is -4.20. The highest BCUT2D eigenvalue weighted by Gasteiger charge is 2.29. The van der Waals surface area contributed by atoms with Gasteiger partial charge in [-0.1, -0.05) is 17.7 Å². The Kier molecular flexibility index (Phi) is 5.17. The Morgan fingerprint density at radius 2 is 1.77 bits per heavy atom. The van der Waals surface area contributed by atoms with Gasteiger partial charge in [-0.25, -0.2) is 17.2 Å². The summed E-state index contributed by atoms with van der Waals surface area (Å²) in [6.07, 6.45) is 1.65. The molecular formula is C20H15ClF2N4O2S. The van der Waals surface area contributed by atoms with E-state index < -0.39 is 21.7 Å². The van der Waals surface area contributed by atoms with E-state index in [0.29, 0.717) is 10.8 Å². The van der Waals surface area contributed by atoms with Crippen molar-refractivity contribution in [3.05, 3.63) is 88.8 Å². The highest BCUT2D eigenvalue weighted by molar-refractivity contribution is 7.93. The standard InChI is InChI=1S/C20H15ClF2N4O2S/c1-13-24-25-20-19(6-3-7-26(13)20)30(28,29)27(18-5-2-4-15(21)10-18)12-14-8-16(22)11-17(23)9-14/h2-11H,12H2,1H3. The van der Waals surface area contributed by atoms with Gasteiger partial charge in [0.2, 0.25) is 0 Å². The Morgan fingerprint density at radius 1 is 1.03 bits per heavy atom. The number of hydrogen-bond acceptors (Lipinski definition) is 4. The molecule has 6 nitrogen and oxygen atoms in total. The van der Waals surface area contributed by atoms with E-state index in [4.69, 9.17) is 11.6 Å². The van der Waals surface area contributed by atoms with Crippen molar-refractivity contribution in [2.45, 2.75) is 18.4 Å². The first-order valence-corrected chi connectivity index (χ1v) is 10.6. The van der Waals surface area contributed by atoms with Gasteiger partial charge in [0.1, 0.15) is 22.4 Å². The molecule has 0 amide bonds. The summed E-state index contributed by atoms with van der Waals surface area (Å²) < 4.78 is 57.3. The van der Waals surface area contributed by atoms with E-state index in [1.54, 1.807) is 41.8 Å². The number of aromatic nitrogens is 3. The fraction of sp³-hybridized carbons (Fsp3) is 0.100. The smallest absolute Gasteiger partial charge is 0.268 e. The van der Waals surface area contributed by atoms with Gasteiger partial charge < -0.3 is 0 Å². The van der Waals surface area contributed by atoms with Crippen molar-refractivity contribution < 1.29 is 17.2 Å². The van der Waals surface area contributed by atoms with Crippen LogP contribution in [0.3, 0.4) is 0 Å². The lowest BCUT2D eigenvalue weighted by Crippen LogP contribution is -2.31. The van der Waals surface area contributed by atoms with Crippen LogP contribution < -0.4 is 4.31 Å². The zero-order chi connectivity index (χ0) is 21.5. The third kappa shape index (κ3) is 3.73. The Labute approximate surface area is 176 Å². The average molecular weight is 449 g/mol. The van der Waals surface area contributed by atoms with Gasteiger partial charge >= 0.3 is 0 Å². The molecule has 2 heterocycles. The average Bonchev–Trinajstić information content (AvgIpc) is 3.06. The number of fused-ring (bicyclic) bond motifs is 1.